The van der Waals surface area contributed by atoms with E-state index in [9.17, 15) is 9.59 Å². The molecule has 0 aromatic carbocycles. The molecule has 0 aliphatic carbocycles. The Hall–Kier alpha value is -2.16. The number of aromatic nitrogens is 4. The summed E-state index contributed by atoms with van der Waals surface area (Å²) in [5.41, 5.74) is 7.08. The lowest BCUT2D eigenvalue weighted by atomic mass is 10.1. The summed E-state index contributed by atoms with van der Waals surface area (Å²) in [4.78, 5) is 24.1. The molecule has 2 heterocycles. The van der Waals surface area contributed by atoms with Gasteiger partial charge in [0.05, 0.1) is 34.4 Å². The van der Waals surface area contributed by atoms with E-state index in [1.165, 1.54) is 6.20 Å². The van der Waals surface area contributed by atoms with Crippen LogP contribution in [0.5, 0.6) is 0 Å². The first-order valence-corrected chi connectivity index (χ1v) is 8.45. The van der Waals surface area contributed by atoms with E-state index in [4.69, 9.17) is 0 Å². The highest BCUT2D eigenvalue weighted by Crippen LogP contribution is 2.20. The van der Waals surface area contributed by atoms with Crippen LogP contribution < -0.4 is 10.9 Å². The zero-order valence-corrected chi connectivity index (χ0v) is 15.7. The molecule has 9 heteroatoms. The van der Waals surface area contributed by atoms with Crippen LogP contribution in [0.1, 0.15) is 35.6 Å². The highest BCUT2D eigenvalue weighted by Gasteiger charge is 2.18. The Morgan fingerprint density at radius 1 is 1.33 bits per heavy atom. The minimum Gasteiger partial charge on any atom is -0.273 e. The van der Waals surface area contributed by atoms with Crippen molar-refractivity contribution in [3.63, 3.8) is 0 Å². The van der Waals surface area contributed by atoms with Crippen LogP contribution in [0.4, 0.5) is 0 Å². The fraction of sp³-hybridized carbons (Fsp3) is 0.467. The molecule has 0 saturated carbocycles. The van der Waals surface area contributed by atoms with E-state index >= 15 is 0 Å². The van der Waals surface area contributed by atoms with Gasteiger partial charge in [-0.05, 0) is 36.7 Å². The van der Waals surface area contributed by atoms with Gasteiger partial charge < -0.3 is 0 Å². The standard InChI is InChI=1S/C15H21BrN6O2/c1-5-21-8-12(6-17-21)15(24)19-18-14(23)9(2)7-22-11(4)13(16)10(3)20-22/h6,8-9H,5,7H2,1-4H3,(H,18,23)(H,19,24)/t9-/m0/s1. The van der Waals surface area contributed by atoms with Gasteiger partial charge in [0.15, 0.2) is 0 Å². The molecule has 1 atom stereocenters. The molecule has 0 aliphatic heterocycles. The summed E-state index contributed by atoms with van der Waals surface area (Å²) in [5.74, 6) is -1.03. The van der Waals surface area contributed by atoms with Gasteiger partial charge in [-0.2, -0.15) is 10.2 Å². The molecule has 0 aliphatic rings. The fourth-order valence-corrected chi connectivity index (χ4v) is 2.45. The van der Waals surface area contributed by atoms with Crippen molar-refractivity contribution < 1.29 is 9.59 Å². The van der Waals surface area contributed by atoms with E-state index in [-0.39, 0.29) is 11.8 Å². The monoisotopic (exact) mass is 396 g/mol. The molecule has 2 rings (SSSR count). The van der Waals surface area contributed by atoms with Gasteiger partial charge in [0.1, 0.15) is 0 Å². The molecule has 0 fully saturated rings. The van der Waals surface area contributed by atoms with Crippen molar-refractivity contribution >= 4 is 27.7 Å². The van der Waals surface area contributed by atoms with Gasteiger partial charge in [0.2, 0.25) is 5.91 Å². The van der Waals surface area contributed by atoms with E-state index in [1.54, 1.807) is 22.5 Å². The molecular formula is C15H21BrN6O2. The van der Waals surface area contributed by atoms with E-state index in [2.05, 4.69) is 37.0 Å². The minimum atomic E-state index is -0.399. The molecule has 130 valence electrons. The zero-order chi connectivity index (χ0) is 17.9. The minimum absolute atomic E-state index is 0.282. The maximum Gasteiger partial charge on any atom is 0.272 e. The number of hydrogen-bond donors (Lipinski definition) is 2. The first kappa shape index (κ1) is 18.2. The highest BCUT2D eigenvalue weighted by molar-refractivity contribution is 9.10. The Balaban J connectivity index is 1.89. The van der Waals surface area contributed by atoms with E-state index < -0.39 is 5.91 Å². The molecule has 2 amide bonds. The number of carbonyl (C=O) groups is 2. The Morgan fingerprint density at radius 3 is 2.58 bits per heavy atom. The van der Waals surface area contributed by atoms with Crippen LogP contribution in [0.2, 0.25) is 0 Å². The van der Waals surface area contributed by atoms with Gasteiger partial charge in [-0.1, -0.05) is 6.92 Å². The molecule has 24 heavy (non-hydrogen) atoms. The van der Waals surface area contributed by atoms with Crippen LogP contribution in [0, 0.1) is 19.8 Å². The second-order valence-electron chi connectivity index (χ2n) is 5.60. The molecule has 8 nitrogen and oxygen atoms in total. The van der Waals surface area contributed by atoms with Gasteiger partial charge in [0.25, 0.3) is 5.91 Å². The lowest BCUT2D eigenvalue weighted by molar-refractivity contribution is -0.125. The van der Waals surface area contributed by atoms with Crippen molar-refractivity contribution in [2.24, 2.45) is 5.92 Å². The molecule has 0 radical (unpaired) electrons. The summed E-state index contributed by atoms with van der Waals surface area (Å²) in [7, 11) is 0. The van der Waals surface area contributed by atoms with Gasteiger partial charge in [-0.25, -0.2) is 0 Å². The van der Waals surface area contributed by atoms with Crippen molar-refractivity contribution in [2.45, 2.75) is 40.8 Å². The number of halogens is 1. The predicted octanol–water partition coefficient (Wildman–Crippen LogP) is 1.58. The summed E-state index contributed by atoms with van der Waals surface area (Å²) < 4.78 is 4.35. The maximum absolute atomic E-state index is 12.1. The summed E-state index contributed by atoms with van der Waals surface area (Å²) in [6, 6.07) is 0. The molecule has 0 spiro atoms. The quantitative estimate of drug-likeness (QED) is 0.750. The van der Waals surface area contributed by atoms with E-state index in [1.807, 2.05) is 20.8 Å². The normalized spacial score (nSPS) is 12.0. The van der Waals surface area contributed by atoms with Crippen molar-refractivity contribution in [3.8, 4) is 0 Å². The SMILES string of the molecule is CCn1cc(C(=O)NNC(=O)[C@@H](C)Cn2nc(C)c(Br)c2C)cn1. The zero-order valence-electron chi connectivity index (χ0n) is 14.1. The Labute approximate surface area is 148 Å². The first-order valence-electron chi connectivity index (χ1n) is 7.65. The average molecular weight is 397 g/mol. The largest absolute Gasteiger partial charge is 0.273 e. The van der Waals surface area contributed by atoms with Crippen molar-refractivity contribution in [3.05, 3.63) is 33.8 Å². The number of rotatable bonds is 5. The Kier molecular flexibility index (Phi) is 5.76. The number of hydrazine groups is 1. The average Bonchev–Trinajstić information content (AvgIpc) is 3.14. The molecule has 2 N–H and O–H groups in total. The summed E-state index contributed by atoms with van der Waals surface area (Å²) in [6.45, 7) is 8.63. The first-order chi connectivity index (χ1) is 11.3. The topological polar surface area (TPSA) is 93.8 Å². The summed E-state index contributed by atoms with van der Waals surface area (Å²) in [5, 5.41) is 8.40. The van der Waals surface area contributed by atoms with Crippen LogP contribution in [0.3, 0.4) is 0 Å². The van der Waals surface area contributed by atoms with Crippen LogP contribution in [0.15, 0.2) is 16.9 Å². The van der Waals surface area contributed by atoms with Crippen molar-refractivity contribution in [1.29, 1.82) is 0 Å². The molecule has 0 saturated heterocycles. The second kappa shape index (κ2) is 7.61. The summed E-state index contributed by atoms with van der Waals surface area (Å²) >= 11 is 3.46. The molecular weight excluding hydrogens is 376 g/mol. The second-order valence-corrected chi connectivity index (χ2v) is 6.39. The third-order valence-corrected chi connectivity index (χ3v) is 4.85. The van der Waals surface area contributed by atoms with Crippen LogP contribution in [0.25, 0.3) is 0 Å². The molecule has 2 aromatic heterocycles. The number of aryl methyl sites for hydroxylation is 2. The number of carbonyl (C=O) groups excluding carboxylic acids is 2. The Morgan fingerprint density at radius 2 is 2.04 bits per heavy atom. The summed E-state index contributed by atoms with van der Waals surface area (Å²) in [6.07, 6.45) is 3.08. The van der Waals surface area contributed by atoms with Crippen LogP contribution >= 0.6 is 15.9 Å². The van der Waals surface area contributed by atoms with Crippen LogP contribution in [-0.4, -0.2) is 31.4 Å². The highest BCUT2D eigenvalue weighted by atomic mass is 79.9. The smallest absolute Gasteiger partial charge is 0.272 e. The fourth-order valence-electron chi connectivity index (χ4n) is 2.16. The maximum atomic E-state index is 12.1. The lowest BCUT2D eigenvalue weighted by Gasteiger charge is -2.13. The van der Waals surface area contributed by atoms with Crippen LogP contribution in [-0.2, 0) is 17.9 Å². The van der Waals surface area contributed by atoms with Gasteiger partial charge in [-0.15, -0.1) is 0 Å². The van der Waals surface area contributed by atoms with Crippen molar-refractivity contribution in [1.82, 2.24) is 30.4 Å². The molecule has 0 unspecified atom stereocenters. The molecule has 0 bridgehead atoms. The number of amides is 2. The predicted molar refractivity (Wildman–Crippen MR) is 92.1 cm³/mol. The lowest BCUT2D eigenvalue weighted by Crippen LogP contribution is -2.44. The van der Waals surface area contributed by atoms with E-state index in [0.717, 1.165) is 15.9 Å². The van der Waals surface area contributed by atoms with Gasteiger partial charge in [-0.3, -0.25) is 29.8 Å². The number of nitrogens with one attached hydrogen (secondary N) is 2. The van der Waals surface area contributed by atoms with Crippen molar-refractivity contribution in [2.75, 3.05) is 0 Å². The number of hydrogen-bond acceptors (Lipinski definition) is 4. The number of nitrogens with zero attached hydrogens (tertiary/aromatic N) is 4. The third kappa shape index (κ3) is 4.02. The third-order valence-electron chi connectivity index (χ3n) is 3.71. The molecule has 2 aromatic rings. The van der Waals surface area contributed by atoms with Gasteiger partial charge in [0, 0.05) is 18.4 Å². The Bertz CT molecular complexity index is 751. The van der Waals surface area contributed by atoms with E-state index in [0.29, 0.717) is 18.7 Å². The van der Waals surface area contributed by atoms with Gasteiger partial charge >= 0.3 is 0 Å².